The highest BCUT2D eigenvalue weighted by atomic mass is 32.1. The predicted octanol–water partition coefficient (Wildman–Crippen LogP) is 4.11. The molecular formula is C17H13FN2O2S. The largest absolute Gasteiger partial charge is 0.486 e. The van der Waals surface area contributed by atoms with Crippen molar-refractivity contribution in [3.63, 3.8) is 0 Å². The minimum Gasteiger partial charge on any atom is -0.486 e. The third kappa shape index (κ3) is 3.73. The second kappa shape index (κ2) is 7.02. The van der Waals surface area contributed by atoms with Gasteiger partial charge in [0.1, 0.15) is 18.2 Å². The molecule has 0 aliphatic carbocycles. The minimum atomic E-state index is -0.485. The Morgan fingerprint density at radius 1 is 1.17 bits per heavy atom. The van der Waals surface area contributed by atoms with Crippen LogP contribution in [0, 0.1) is 5.82 Å². The summed E-state index contributed by atoms with van der Waals surface area (Å²) in [6.45, 7) is 0.271. The number of carbonyl (C=O) groups is 1. The van der Waals surface area contributed by atoms with Crippen LogP contribution >= 0.6 is 11.3 Å². The SMILES string of the molecule is O=C(Nc1ccccc1F)c1ccccc1OCc1cscn1. The van der Waals surface area contributed by atoms with Gasteiger partial charge in [0.05, 0.1) is 22.5 Å². The molecule has 23 heavy (non-hydrogen) atoms. The molecule has 0 aliphatic rings. The van der Waals surface area contributed by atoms with Crippen molar-refractivity contribution in [1.82, 2.24) is 4.98 Å². The zero-order chi connectivity index (χ0) is 16.1. The maximum Gasteiger partial charge on any atom is 0.259 e. The Hall–Kier alpha value is -2.73. The molecule has 0 saturated heterocycles. The summed E-state index contributed by atoms with van der Waals surface area (Å²) in [5.41, 5.74) is 2.98. The number of thiazole rings is 1. The van der Waals surface area contributed by atoms with E-state index in [9.17, 15) is 9.18 Å². The number of aromatic nitrogens is 1. The first-order valence-electron chi connectivity index (χ1n) is 6.89. The van der Waals surface area contributed by atoms with Gasteiger partial charge in [-0.1, -0.05) is 24.3 Å². The summed E-state index contributed by atoms with van der Waals surface area (Å²) in [4.78, 5) is 16.5. The molecule has 1 aromatic heterocycles. The Bertz CT molecular complexity index is 806. The van der Waals surface area contributed by atoms with E-state index in [0.717, 1.165) is 5.69 Å². The summed E-state index contributed by atoms with van der Waals surface area (Å²) in [6, 6.07) is 12.9. The van der Waals surface area contributed by atoms with Crippen molar-refractivity contribution >= 4 is 22.9 Å². The third-order valence-electron chi connectivity index (χ3n) is 3.11. The van der Waals surface area contributed by atoms with Crippen LogP contribution in [0.15, 0.2) is 59.4 Å². The number of para-hydroxylation sites is 2. The van der Waals surface area contributed by atoms with Crippen molar-refractivity contribution in [2.24, 2.45) is 0 Å². The highest BCUT2D eigenvalue weighted by Crippen LogP contribution is 2.22. The molecule has 0 unspecified atom stereocenters. The molecule has 0 atom stereocenters. The lowest BCUT2D eigenvalue weighted by molar-refractivity contribution is 0.102. The molecule has 0 radical (unpaired) electrons. The van der Waals surface area contributed by atoms with Gasteiger partial charge in [-0.05, 0) is 24.3 Å². The maximum atomic E-state index is 13.6. The monoisotopic (exact) mass is 328 g/mol. The summed E-state index contributed by atoms with van der Waals surface area (Å²) >= 11 is 1.48. The smallest absolute Gasteiger partial charge is 0.259 e. The van der Waals surface area contributed by atoms with Crippen molar-refractivity contribution in [2.45, 2.75) is 6.61 Å². The Morgan fingerprint density at radius 3 is 2.74 bits per heavy atom. The summed E-state index contributed by atoms with van der Waals surface area (Å²) in [6.07, 6.45) is 0. The van der Waals surface area contributed by atoms with Crippen LogP contribution in [-0.2, 0) is 6.61 Å². The maximum absolute atomic E-state index is 13.6. The fraction of sp³-hybridized carbons (Fsp3) is 0.0588. The van der Waals surface area contributed by atoms with Crippen LogP contribution in [0.2, 0.25) is 0 Å². The van der Waals surface area contributed by atoms with Crippen LogP contribution in [0.1, 0.15) is 16.1 Å². The van der Waals surface area contributed by atoms with E-state index in [4.69, 9.17) is 4.74 Å². The number of hydrogen-bond donors (Lipinski definition) is 1. The second-order valence-electron chi connectivity index (χ2n) is 4.70. The quantitative estimate of drug-likeness (QED) is 0.767. The molecule has 1 heterocycles. The van der Waals surface area contributed by atoms with E-state index < -0.39 is 11.7 Å². The Balaban J connectivity index is 1.76. The molecule has 0 aliphatic heterocycles. The molecule has 0 fully saturated rings. The topological polar surface area (TPSA) is 51.2 Å². The van der Waals surface area contributed by atoms with Crippen LogP contribution < -0.4 is 10.1 Å². The van der Waals surface area contributed by atoms with E-state index in [1.807, 2.05) is 5.38 Å². The molecule has 6 heteroatoms. The zero-order valence-corrected chi connectivity index (χ0v) is 12.8. The summed E-state index contributed by atoms with van der Waals surface area (Å²) in [5.74, 6) is -0.486. The van der Waals surface area contributed by atoms with Crippen LogP contribution in [-0.4, -0.2) is 10.9 Å². The molecule has 0 saturated carbocycles. The molecule has 0 spiro atoms. The fourth-order valence-electron chi connectivity index (χ4n) is 1.99. The normalized spacial score (nSPS) is 10.3. The average Bonchev–Trinajstić information content (AvgIpc) is 3.09. The number of carbonyl (C=O) groups excluding carboxylic acids is 1. The van der Waals surface area contributed by atoms with Crippen molar-refractivity contribution < 1.29 is 13.9 Å². The number of halogens is 1. The van der Waals surface area contributed by atoms with Crippen molar-refractivity contribution in [2.75, 3.05) is 5.32 Å². The molecule has 1 N–H and O–H groups in total. The first-order valence-corrected chi connectivity index (χ1v) is 7.83. The molecule has 116 valence electrons. The third-order valence-corrected chi connectivity index (χ3v) is 3.75. The highest BCUT2D eigenvalue weighted by molar-refractivity contribution is 7.07. The number of amides is 1. The first kappa shape index (κ1) is 15.2. The Morgan fingerprint density at radius 2 is 1.96 bits per heavy atom. The predicted molar refractivity (Wildman–Crippen MR) is 87.2 cm³/mol. The molecular weight excluding hydrogens is 315 g/mol. The molecule has 3 rings (SSSR count). The van der Waals surface area contributed by atoms with E-state index in [1.54, 1.807) is 41.9 Å². The Labute approximate surface area is 136 Å². The molecule has 2 aromatic carbocycles. The highest BCUT2D eigenvalue weighted by Gasteiger charge is 2.14. The van der Waals surface area contributed by atoms with Gasteiger partial charge in [0.15, 0.2) is 0 Å². The van der Waals surface area contributed by atoms with Gasteiger partial charge in [0.25, 0.3) is 5.91 Å². The van der Waals surface area contributed by atoms with Crippen LogP contribution in [0.25, 0.3) is 0 Å². The number of nitrogens with one attached hydrogen (secondary N) is 1. The van der Waals surface area contributed by atoms with E-state index >= 15 is 0 Å². The van der Waals surface area contributed by atoms with Crippen LogP contribution in [0.4, 0.5) is 10.1 Å². The van der Waals surface area contributed by atoms with Crippen LogP contribution in [0.3, 0.4) is 0 Å². The lowest BCUT2D eigenvalue weighted by Gasteiger charge is -2.11. The number of ether oxygens (including phenoxy) is 1. The van der Waals surface area contributed by atoms with Gasteiger partial charge in [-0.15, -0.1) is 11.3 Å². The summed E-state index contributed by atoms with van der Waals surface area (Å²) in [7, 11) is 0. The van der Waals surface area contributed by atoms with Crippen molar-refractivity contribution in [1.29, 1.82) is 0 Å². The van der Waals surface area contributed by atoms with E-state index in [-0.39, 0.29) is 12.3 Å². The number of hydrogen-bond acceptors (Lipinski definition) is 4. The minimum absolute atomic E-state index is 0.131. The standard InChI is InChI=1S/C17H13FN2O2S/c18-14-6-2-3-7-15(14)20-17(21)13-5-1-4-8-16(13)22-9-12-10-23-11-19-12/h1-8,10-11H,9H2,(H,20,21). The fourth-order valence-corrected chi connectivity index (χ4v) is 2.54. The van der Waals surface area contributed by atoms with Gasteiger partial charge < -0.3 is 10.1 Å². The van der Waals surface area contributed by atoms with Gasteiger partial charge in [0.2, 0.25) is 0 Å². The molecule has 4 nitrogen and oxygen atoms in total. The van der Waals surface area contributed by atoms with E-state index in [1.165, 1.54) is 23.5 Å². The number of rotatable bonds is 5. The zero-order valence-electron chi connectivity index (χ0n) is 12.0. The Kier molecular flexibility index (Phi) is 4.63. The second-order valence-corrected chi connectivity index (χ2v) is 5.42. The lowest BCUT2D eigenvalue weighted by Crippen LogP contribution is -2.14. The molecule has 1 amide bonds. The van der Waals surface area contributed by atoms with Crippen molar-refractivity contribution in [3.8, 4) is 5.75 Å². The van der Waals surface area contributed by atoms with Gasteiger partial charge in [-0.3, -0.25) is 4.79 Å². The first-order chi connectivity index (χ1) is 11.2. The molecule has 3 aromatic rings. The number of nitrogens with zero attached hydrogens (tertiary/aromatic N) is 1. The van der Waals surface area contributed by atoms with Gasteiger partial charge >= 0.3 is 0 Å². The van der Waals surface area contributed by atoms with Crippen molar-refractivity contribution in [3.05, 3.63) is 76.5 Å². The van der Waals surface area contributed by atoms with E-state index in [2.05, 4.69) is 10.3 Å². The molecule has 0 bridgehead atoms. The van der Waals surface area contributed by atoms with Crippen LogP contribution in [0.5, 0.6) is 5.75 Å². The van der Waals surface area contributed by atoms with Gasteiger partial charge in [-0.25, -0.2) is 9.37 Å². The average molecular weight is 328 g/mol. The number of benzene rings is 2. The van der Waals surface area contributed by atoms with Gasteiger partial charge in [0, 0.05) is 5.38 Å². The van der Waals surface area contributed by atoms with E-state index in [0.29, 0.717) is 11.3 Å². The number of anilines is 1. The van der Waals surface area contributed by atoms with Gasteiger partial charge in [-0.2, -0.15) is 0 Å². The summed E-state index contributed by atoms with van der Waals surface area (Å²) in [5, 5.41) is 4.43. The lowest BCUT2D eigenvalue weighted by atomic mass is 10.2. The summed E-state index contributed by atoms with van der Waals surface area (Å²) < 4.78 is 19.3.